The van der Waals surface area contributed by atoms with E-state index in [0.717, 1.165) is 22.8 Å². The molecule has 0 aromatic heterocycles. The average Bonchev–Trinajstić information content (AvgIpc) is 2.69. The second-order valence-electron chi connectivity index (χ2n) is 4.76. The summed E-state index contributed by atoms with van der Waals surface area (Å²) >= 11 is 0. The number of hydrogen-bond acceptors (Lipinski definition) is 4. The molecule has 0 fully saturated rings. The topological polar surface area (TPSA) is 72.5 Å². The van der Waals surface area contributed by atoms with Crippen LogP contribution in [0.25, 0.3) is 0 Å². The molecule has 2 rings (SSSR count). The lowest BCUT2D eigenvalue weighted by molar-refractivity contribution is -0.144. The van der Waals surface area contributed by atoms with Crippen molar-refractivity contribution in [3.63, 3.8) is 0 Å². The molecule has 0 unspecified atom stereocenters. The van der Waals surface area contributed by atoms with E-state index >= 15 is 0 Å². The monoisotopic (exact) mass is 273 g/mol. The maximum atomic E-state index is 11.7. The summed E-state index contributed by atoms with van der Waals surface area (Å²) in [6.45, 7) is 4.06. The van der Waals surface area contributed by atoms with Gasteiger partial charge in [-0.05, 0) is 25.0 Å². The molecule has 0 saturated heterocycles. The number of carbonyl (C=O) groups is 3. The molecule has 20 heavy (non-hydrogen) atoms. The third kappa shape index (κ3) is 3.32. The van der Waals surface area contributed by atoms with Gasteiger partial charge in [0.15, 0.2) is 0 Å². The van der Waals surface area contributed by atoms with Crippen molar-refractivity contribution in [2.75, 3.05) is 0 Å². The molecule has 1 aromatic rings. The highest BCUT2D eigenvalue weighted by molar-refractivity contribution is 6.17. The molecule has 0 radical (unpaired) electrons. The first-order chi connectivity index (χ1) is 9.45. The lowest BCUT2D eigenvalue weighted by Crippen LogP contribution is -2.23. The van der Waals surface area contributed by atoms with Gasteiger partial charge >= 0.3 is 5.97 Å². The fraction of sp³-hybridized carbons (Fsp3) is 0.267. The van der Waals surface area contributed by atoms with Crippen LogP contribution in [0, 0.1) is 13.8 Å². The summed E-state index contributed by atoms with van der Waals surface area (Å²) in [6.07, 6.45) is 0.934. The predicted octanol–water partition coefficient (Wildman–Crippen LogP) is 1.32. The highest BCUT2D eigenvalue weighted by atomic mass is 16.5. The van der Waals surface area contributed by atoms with Crippen LogP contribution < -0.4 is 5.32 Å². The first-order valence-electron chi connectivity index (χ1n) is 6.23. The SMILES string of the molecule is Cc1ccc(C)c(COC(=O)CC2=CC(=O)NC2=O)c1. The second-order valence-corrected chi connectivity index (χ2v) is 4.76. The molecule has 1 aromatic carbocycles. The summed E-state index contributed by atoms with van der Waals surface area (Å²) in [5.74, 6) is -1.55. The van der Waals surface area contributed by atoms with Gasteiger partial charge in [0.1, 0.15) is 6.61 Å². The van der Waals surface area contributed by atoms with Gasteiger partial charge in [-0.1, -0.05) is 23.8 Å². The summed E-state index contributed by atoms with van der Waals surface area (Å²) in [4.78, 5) is 33.9. The summed E-state index contributed by atoms with van der Waals surface area (Å²) in [6, 6.07) is 5.90. The standard InChI is InChI=1S/C15H15NO4/c1-9-3-4-10(2)12(5-9)8-20-14(18)7-11-6-13(17)16-15(11)19/h3-6H,7-8H2,1-2H3,(H,16,17,19). The Labute approximate surface area is 116 Å². The molecule has 2 amide bonds. The van der Waals surface area contributed by atoms with E-state index in [1.54, 1.807) is 0 Å². The summed E-state index contributed by atoms with van der Waals surface area (Å²) in [7, 11) is 0. The van der Waals surface area contributed by atoms with Gasteiger partial charge in [0.25, 0.3) is 11.8 Å². The van der Waals surface area contributed by atoms with Gasteiger partial charge in [-0.2, -0.15) is 0 Å². The quantitative estimate of drug-likeness (QED) is 0.663. The van der Waals surface area contributed by atoms with Crippen LogP contribution in [0.2, 0.25) is 0 Å². The van der Waals surface area contributed by atoms with E-state index < -0.39 is 17.8 Å². The van der Waals surface area contributed by atoms with Crippen molar-refractivity contribution < 1.29 is 19.1 Å². The lowest BCUT2D eigenvalue weighted by Gasteiger charge is -2.08. The normalized spacial score (nSPS) is 14.0. The molecule has 0 aliphatic carbocycles. The third-order valence-corrected chi connectivity index (χ3v) is 3.06. The van der Waals surface area contributed by atoms with Crippen LogP contribution >= 0.6 is 0 Å². The van der Waals surface area contributed by atoms with Crippen LogP contribution in [0.5, 0.6) is 0 Å². The molecule has 0 saturated carbocycles. The smallest absolute Gasteiger partial charge is 0.310 e. The molecule has 1 heterocycles. The number of aryl methyl sites for hydroxylation is 2. The number of ether oxygens (including phenoxy) is 1. The molecule has 1 aliphatic heterocycles. The van der Waals surface area contributed by atoms with Crippen molar-refractivity contribution >= 4 is 17.8 Å². The molecule has 104 valence electrons. The van der Waals surface area contributed by atoms with E-state index in [1.165, 1.54) is 0 Å². The van der Waals surface area contributed by atoms with Gasteiger partial charge in [0.2, 0.25) is 0 Å². The Morgan fingerprint density at radius 1 is 1.25 bits per heavy atom. The summed E-state index contributed by atoms with van der Waals surface area (Å²) in [5, 5.41) is 2.08. The Kier molecular flexibility index (Phi) is 3.98. The second kappa shape index (κ2) is 5.69. The van der Waals surface area contributed by atoms with Gasteiger partial charge in [-0.15, -0.1) is 0 Å². The minimum Gasteiger partial charge on any atom is -0.461 e. The molecule has 0 atom stereocenters. The zero-order valence-corrected chi connectivity index (χ0v) is 11.4. The lowest BCUT2D eigenvalue weighted by atomic mass is 10.1. The number of imide groups is 1. The first kappa shape index (κ1) is 14.0. The molecule has 1 N–H and O–H groups in total. The van der Waals surface area contributed by atoms with E-state index in [1.807, 2.05) is 32.0 Å². The Balaban J connectivity index is 1.93. The highest BCUT2D eigenvalue weighted by Crippen LogP contribution is 2.14. The number of benzene rings is 1. The van der Waals surface area contributed by atoms with Crippen molar-refractivity contribution in [1.82, 2.24) is 5.32 Å². The van der Waals surface area contributed by atoms with Crippen LogP contribution in [0.3, 0.4) is 0 Å². The summed E-state index contributed by atoms with van der Waals surface area (Å²) in [5.41, 5.74) is 3.20. The van der Waals surface area contributed by atoms with Crippen molar-refractivity contribution in [3.05, 3.63) is 46.5 Å². The number of rotatable bonds is 4. The number of hydrogen-bond donors (Lipinski definition) is 1. The predicted molar refractivity (Wildman–Crippen MR) is 71.6 cm³/mol. The van der Waals surface area contributed by atoms with E-state index in [4.69, 9.17) is 4.74 Å². The minimum atomic E-state index is -0.529. The first-order valence-corrected chi connectivity index (χ1v) is 6.23. The Bertz CT molecular complexity index is 616. The van der Waals surface area contributed by atoms with Crippen LogP contribution in [0.1, 0.15) is 23.1 Å². The van der Waals surface area contributed by atoms with Gasteiger partial charge in [0, 0.05) is 11.6 Å². The largest absolute Gasteiger partial charge is 0.461 e. The van der Waals surface area contributed by atoms with Crippen LogP contribution in [-0.2, 0) is 25.7 Å². The van der Waals surface area contributed by atoms with E-state index in [0.29, 0.717) is 0 Å². The van der Waals surface area contributed by atoms with Crippen molar-refractivity contribution in [2.24, 2.45) is 0 Å². The van der Waals surface area contributed by atoms with Crippen molar-refractivity contribution in [1.29, 1.82) is 0 Å². The van der Waals surface area contributed by atoms with Crippen molar-refractivity contribution in [2.45, 2.75) is 26.9 Å². The minimum absolute atomic E-state index is 0.140. The fourth-order valence-corrected chi connectivity index (χ4v) is 1.90. The zero-order valence-electron chi connectivity index (χ0n) is 11.4. The molecular formula is C15H15NO4. The van der Waals surface area contributed by atoms with E-state index in [-0.39, 0.29) is 18.6 Å². The maximum absolute atomic E-state index is 11.7. The Morgan fingerprint density at radius 3 is 2.65 bits per heavy atom. The van der Waals surface area contributed by atoms with Gasteiger partial charge in [-0.3, -0.25) is 19.7 Å². The van der Waals surface area contributed by atoms with Crippen molar-refractivity contribution in [3.8, 4) is 0 Å². The van der Waals surface area contributed by atoms with E-state index in [9.17, 15) is 14.4 Å². The number of esters is 1. The van der Waals surface area contributed by atoms with Gasteiger partial charge in [-0.25, -0.2) is 0 Å². The fourth-order valence-electron chi connectivity index (χ4n) is 1.90. The van der Waals surface area contributed by atoms with Crippen LogP contribution in [0.4, 0.5) is 0 Å². The molecule has 5 heteroatoms. The van der Waals surface area contributed by atoms with Crippen LogP contribution in [-0.4, -0.2) is 17.8 Å². The molecule has 5 nitrogen and oxygen atoms in total. The highest BCUT2D eigenvalue weighted by Gasteiger charge is 2.23. The number of nitrogens with one attached hydrogen (secondary N) is 1. The average molecular weight is 273 g/mol. The molecule has 1 aliphatic rings. The van der Waals surface area contributed by atoms with Crippen LogP contribution in [0.15, 0.2) is 29.8 Å². The number of carbonyl (C=O) groups excluding carboxylic acids is 3. The zero-order chi connectivity index (χ0) is 14.7. The molecule has 0 bridgehead atoms. The Hall–Kier alpha value is -2.43. The van der Waals surface area contributed by atoms with Gasteiger partial charge in [0.05, 0.1) is 6.42 Å². The molecular weight excluding hydrogens is 258 g/mol. The van der Waals surface area contributed by atoms with Gasteiger partial charge < -0.3 is 4.74 Å². The third-order valence-electron chi connectivity index (χ3n) is 3.06. The summed E-state index contributed by atoms with van der Waals surface area (Å²) < 4.78 is 5.14. The molecule has 0 spiro atoms. The van der Waals surface area contributed by atoms with E-state index in [2.05, 4.69) is 5.32 Å². The Morgan fingerprint density at radius 2 is 2.00 bits per heavy atom. The maximum Gasteiger partial charge on any atom is 0.310 e. The number of amides is 2.